The van der Waals surface area contributed by atoms with Crippen molar-refractivity contribution in [3.63, 3.8) is 0 Å². The van der Waals surface area contributed by atoms with Crippen molar-refractivity contribution >= 4 is 0 Å². The Morgan fingerprint density at radius 2 is 2.00 bits per heavy atom. The highest BCUT2D eigenvalue weighted by Gasteiger charge is 2.20. The van der Waals surface area contributed by atoms with Gasteiger partial charge in [0.15, 0.2) is 11.5 Å². The lowest BCUT2D eigenvalue weighted by atomic mass is 10.1. The summed E-state index contributed by atoms with van der Waals surface area (Å²) >= 11 is 0. The minimum Gasteiger partial charge on any atom is -0.454 e. The van der Waals surface area contributed by atoms with Crippen molar-refractivity contribution in [2.45, 2.75) is 32.4 Å². The van der Waals surface area contributed by atoms with Gasteiger partial charge < -0.3 is 19.7 Å². The number of hydrogen-bond donors (Lipinski definition) is 1. The maximum absolute atomic E-state index is 5.44. The summed E-state index contributed by atoms with van der Waals surface area (Å²) in [6.07, 6.45) is 2.70. The fourth-order valence-electron chi connectivity index (χ4n) is 2.37. The standard InChI is InChI=1S/C15H22N2O2/c1-11-7-14-15(19-10-18-14)8-12(11)9-17(2)6-5-16-13-3-4-13/h7-8,13,16H,3-6,9-10H2,1-2H3. The molecule has 0 bridgehead atoms. The SMILES string of the molecule is Cc1cc2c(cc1CN(C)CCNC1CC1)OCO2. The van der Waals surface area contributed by atoms with Gasteiger partial charge in [-0.2, -0.15) is 0 Å². The van der Waals surface area contributed by atoms with Gasteiger partial charge in [-0.3, -0.25) is 0 Å². The number of nitrogens with one attached hydrogen (secondary N) is 1. The first-order valence-electron chi connectivity index (χ1n) is 7.03. The molecule has 1 aromatic rings. The Morgan fingerprint density at radius 1 is 1.26 bits per heavy atom. The van der Waals surface area contributed by atoms with E-state index in [0.29, 0.717) is 6.79 Å². The van der Waals surface area contributed by atoms with Gasteiger partial charge in [0.2, 0.25) is 6.79 Å². The van der Waals surface area contributed by atoms with Crippen LogP contribution in [0.4, 0.5) is 0 Å². The van der Waals surface area contributed by atoms with Crippen LogP contribution in [0.3, 0.4) is 0 Å². The Morgan fingerprint density at radius 3 is 2.74 bits per heavy atom. The first kappa shape index (κ1) is 12.8. The van der Waals surface area contributed by atoms with Crippen LogP contribution in [0.15, 0.2) is 12.1 Å². The minimum atomic E-state index is 0.347. The molecule has 104 valence electrons. The van der Waals surface area contributed by atoms with E-state index in [1.165, 1.54) is 24.0 Å². The van der Waals surface area contributed by atoms with E-state index in [1.807, 2.05) is 0 Å². The Kier molecular flexibility index (Phi) is 3.62. The highest BCUT2D eigenvalue weighted by Crippen LogP contribution is 2.34. The number of ether oxygens (including phenoxy) is 2. The maximum atomic E-state index is 5.44. The van der Waals surface area contributed by atoms with Crippen LogP contribution in [-0.4, -0.2) is 37.9 Å². The molecule has 0 saturated heterocycles. The number of hydrogen-bond acceptors (Lipinski definition) is 4. The van der Waals surface area contributed by atoms with Crippen LogP contribution in [0.25, 0.3) is 0 Å². The number of fused-ring (bicyclic) bond motifs is 1. The molecule has 0 atom stereocenters. The van der Waals surface area contributed by atoms with Gasteiger partial charge in [-0.15, -0.1) is 0 Å². The smallest absolute Gasteiger partial charge is 0.231 e. The number of benzene rings is 1. The van der Waals surface area contributed by atoms with E-state index in [0.717, 1.165) is 37.2 Å². The summed E-state index contributed by atoms with van der Waals surface area (Å²) in [7, 11) is 2.17. The van der Waals surface area contributed by atoms with Crippen LogP contribution in [0, 0.1) is 6.92 Å². The van der Waals surface area contributed by atoms with Crippen molar-refractivity contribution in [1.82, 2.24) is 10.2 Å². The van der Waals surface area contributed by atoms with Crippen LogP contribution in [0.1, 0.15) is 24.0 Å². The monoisotopic (exact) mass is 262 g/mol. The van der Waals surface area contributed by atoms with Gasteiger partial charge in [0.1, 0.15) is 0 Å². The lowest BCUT2D eigenvalue weighted by Gasteiger charge is -2.18. The fraction of sp³-hybridized carbons (Fsp3) is 0.600. The van der Waals surface area contributed by atoms with Crippen LogP contribution in [0.2, 0.25) is 0 Å². The highest BCUT2D eigenvalue weighted by molar-refractivity contribution is 5.48. The van der Waals surface area contributed by atoms with Crippen LogP contribution in [0.5, 0.6) is 11.5 Å². The summed E-state index contributed by atoms with van der Waals surface area (Å²) in [4.78, 5) is 2.35. The quantitative estimate of drug-likeness (QED) is 0.849. The molecule has 0 unspecified atom stereocenters. The van der Waals surface area contributed by atoms with Gasteiger partial charge in [-0.05, 0) is 50.1 Å². The van der Waals surface area contributed by atoms with Gasteiger partial charge in [0, 0.05) is 25.7 Å². The molecule has 4 nitrogen and oxygen atoms in total. The summed E-state index contributed by atoms with van der Waals surface area (Å²) in [5, 5.41) is 3.54. The van der Waals surface area contributed by atoms with Crippen molar-refractivity contribution in [3.05, 3.63) is 23.3 Å². The first-order chi connectivity index (χ1) is 9.22. The predicted molar refractivity (Wildman–Crippen MR) is 74.7 cm³/mol. The van der Waals surface area contributed by atoms with Crippen molar-refractivity contribution in [3.8, 4) is 11.5 Å². The van der Waals surface area contributed by atoms with E-state index >= 15 is 0 Å². The molecule has 1 aliphatic carbocycles. The third kappa shape index (κ3) is 3.19. The third-order valence-electron chi connectivity index (χ3n) is 3.78. The molecule has 19 heavy (non-hydrogen) atoms. The zero-order valence-electron chi connectivity index (χ0n) is 11.7. The summed E-state index contributed by atoms with van der Waals surface area (Å²) < 4.78 is 10.8. The molecule has 0 aromatic heterocycles. The van der Waals surface area contributed by atoms with E-state index in [-0.39, 0.29) is 0 Å². The van der Waals surface area contributed by atoms with E-state index in [4.69, 9.17) is 9.47 Å². The number of nitrogens with zero attached hydrogens (tertiary/aromatic N) is 1. The topological polar surface area (TPSA) is 33.7 Å². The molecule has 1 aromatic carbocycles. The van der Waals surface area contributed by atoms with Crippen molar-refractivity contribution < 1.29 is 9.47 Å². The molecular weight excluding hydrogens is 240 g/mol. The normalized spacial score (nSPS) is 17.2. The molecule has 1 aliphatic heterocycles. The maximum Gasteiger partial charge on any atom is 0.231 e. The molecule has 3 rings (SSSR count). The van der Waals surface area contributed by atoms with Gasteiger partial charge in [-0.1, -0.05) is 0 Å². The number of rotatable bonds is 6. The molecule has 0 radical (unpaired) electrons. The Hall–Kier alpha value is -1.26. The summed E-state index contributed by atoms with van der Waals surface area (Å²) in [5.41, 5.74) is 2.59. The zero-order valence-corrected chi connectivity index (χ0v) is 11.7. The molecule has 4 heteroatoms. The third-order valence-corrected chi connectivity index (χ3v) is 3.78. The first-order valence-corrected chi connectivity index (χ1v) is 7.03. The molecule has 0 spiro atoms. The van der Waals surface area contributed by atoms with Gasteiger partial charge in [0.25, 0.3) is 0 Å². The molecule has 2 aliphatic rings. The average molecular weight is 262 g/mol. The lowest BCUT2D eigenvalue weighted by Crippen LogP contribution is -2.30. The Labute approximate surface area is 114 Å². The van der Waals surface area contributed by atoms with Crippen LogP contribution >= 0.6 is 0 Å². The predicted octanol–water partition coefficient (Wildman–Crippen LogP) is 1.91. The minimum absolute atomic E-state index is 0.347. The van der Waals surface area contributed by atoms with Crippen LogP contribution in [-0.2, 0) is 6.54 Å². The lowest BCUT2D eigenvalue weighted by molar-refractivity contribution is 0.174. The van der Waals surface area contributed by atoms with E-state index in [1.54, 1.807) is 0 Å². The highest BCUT2D eigenvalue weighted by atomic mass is 16.7. The molecule has 1 saturated carbocycles. The van der Waals surface area contributed by atoms with E-state index < -0.39 is 0 Å². The van der Waals surface area contributed by atoms with Crippen molar-refractivity contribution in [1.29, 1.82) is 0 Å². The average Bonchev–Trinajstić information content (AvgIpc) is 3.08. The molecular formula is C15H22N2O2. The second kappa shape index (κ2) is 5.39. The second-order valence-electron chi connectivity index (χ2n) is 5.60. The summed E-state index contributed by atoms with van der Waals surface area (Å²) in [5.74, 6) is 1.75. The molecule has 1 heterocycles. The van der Waals surface area contributed by atoms with Crippen LogP contribution < -0.4 is 14.8 Å². The van der Waals surface area contributed by atoms with Crippen molar-refractivity contribution in [2.75, 3.05) is 26.9 Å². The number of likely N-dealkylation sites (N-methyl/N-ethyl adjacent to an activating group) is 1. The van der Waals surface area contributed by atoms with Gasteiger partial charge in [0.05, 0.1) is 0 Å². The van der Waals surface area contributed by atoms with Gasteiger partial charge >= 0.3 is 0 Å². The fourth-order valence-corrected chi connectivity index (χ4v) is 2.37. The summed E-state index contributed by atoms with van der Waals surface area (Å²) in [6.45, 7) is 5.58. The number of aryl methyl sites for hydroxylation is 1. The zero-order chi connectivity index (χ0) is 13.2. The van der Waals surface area contributed by atoms with E-state index in [2.05, 4.69) is 36.3 Å². The van der Waals surface area contributed by atoms with Gasteiger partial charge in [-0.25, -0.2) is 0 Å². The van der Waals surface area contributed by atoms with Crippen molar-refractivity contribution in [2.24, 2.45) is 0 Å². The Balaban J connectivity index is 1.55. The Bertz CT molecular complexity index is 458. The molecule has 0 amide bonds. The summed E-state index contributed by atoms with van der Waals surface area (Å²) in [6, 6.07) is 4.98. The molecule has 1 fully saturated rings. The molecule has 1 N–H and O–H groups in total. The second-order valence-corrected chi connectivity index (χ2v) is 5.60. The largest absolute Gasteiger partial charge is 0.454 e. The van der Waals surface area contributed by atoms with E-state index in [9.17, 15) is 0 Å².